The molecule has 106 valence electrons. The summed E-state index contributed by atoms with van der Waals surface area (Å²) in [5.74, 6) is 5.37. The molecule has 0 aliphatic rings. The van der Waals surface area contributed by atoms with E-state index in [1.54, 1.807) is 12.1 Å². The standard InChI is InChI=1S/C16H18ClFN2/c1-10-5-11(2)7-13(6-10)16(20-19)9-12-8-14(17)3-4-15(12)18/h3-8,16,20H,9,19H2,1-2H3. The molecule has 0 saturated heterocycles. The number of hydrazine groups is 1. The molecule has 0 radical (unpaired) electrons. The van der Waals surface area contributed by atoms with Crippen LogP contribution < -0.4 is 11.3 Å². The van der Waals surface area contributed by atoms with Gasteiger partial charge >= 0.3 is 0 Å². The Kier molecular flexibility index (Phi) is 4.76. The van der Waals surface area contributed by atoms with Gasteiger partial charge in [-0.2, -0.15) is 0 Å². The molecule has 0 bridgehead atoms. The number of aryl methyl sites for hydroxylation is 2. The fraction of sp³-hybridized carbons (Fsp3) is 0.250. The van der Waals surface area contributed by atoms with Gasteiger partial charge in [-0.25, -0.2) is 4.39 Å². The second-order valence-corrected chi connectivity index (χ2v) is 5.52. The van der Waals surface area contributed by atoms with E-state index in [1.165, 1.54) is 6.07 Å². The van der Waals surface area contributed by atoms with Crippen LogP contribution in [0.4, 0.5) is 4.39 Å². The van der Waals surface area contributed by atoms with E-state index >= 15 is 0 Å². The first-order valence-electron chi connectivity index (χ1n) is 6.48. The minimum Gasteiger partial charge on any atom is -0.271 e. The van der Waals surface area contributed by atoms with Crippen LogP contribution >= 0.6 is 11.6 Å². The predicted octanol–water partition coefficient (Wildman–Crippen LogP) is 3.84. The second-order valence-electron chi connectivity index (χ2n) is 5.08. The topological polar surface area (TPSA) is 38.0 Å². The van der Waals surface area contributed by atoms with Crippen LogP contribution in [0.5, 0.6) is 0 Å². The number of hydrogen-bond donors (Lipinski definition) is 2. The third kappa shape index (κ3) is 3.57. The van der Waals surface area contributed by atoms with Gasteiger partial charge in [0.2, 0.25) is 0 Å². The summed E-state index contributed by atoms with van der Waals surface area (Å²) in [5, 5.41) is 0.526. The lowest BCUT2D eigenvalue weighted by atomic mass is 9.96. The van der Waals surface area contributed by atoms with Gasteiger partial charge in [-0.15, -0.1) is 0 Å². The average Bonchev–Trinajstić information content (AvgIpc) is 2.38. The van der Waals surface area contributed by atoms with Gasteiger partial charge < -0.3 is 0 Å². The maximum absolute atomic E-state index is 13.8. The number of nitrogens with two attached hydrogens (primary N) is 1. The van der Waals surface area contributed by atoms with E-state index in [1.807, 2.05) is 13.8 Å². The van der Waals surface area contributed by atoms with Crippen LogP contribution in [-0.2, 0) is 6.42 Å². The highest BCUT2D eigenvalue weighted by Crippen LogP contribution is 2.23. The fourth-order valence-corrected chi connectivity index (χ4v) is 2.60. The van der Waals surface area contributed by atoms with Gasteiger partial charge in [0.05, 0.1) is 6.04 Å². The predicted molar refractivity (Wildman–Crippen MR) is 81.1 cm³/mol. The highest BCUT2D eigenvalue weighted by molar-refractivity contribution is 6.30. The van der Waals surface area contributed by atoms with E-state index in [0.29, 0.717) is 17.0 Å². The molecule has 0 aromatic heterocycles. The number of benzene rings is 2. The molecule has 1 atom stereocenters. The summed E-state index contributed by atoms with van der Waals surface area (Å²) in [5.41, 5.74) is 6.68. The first-order chi connectivity index (χ1) is 9.49. The van der Waals surface area contributed by atoms with Gasteiger partial charge in [-0.1, -0.05) is 40.9 Å². The van der Waals surface area contributed by atoms with Crippen molar-refractivity contribution in [3.8, 4) is 0 Å². The van der Waals surface area contributed by atoms with Crippen molar-refractivity contribution >= 4 is 11.6 Å². The van der Waals surface area contributed by atoms with Crippen molar-refractivity contribution in [3.63, 3.8) is 0 Å². The molecule has 0 aliphatic heterocycles. The highest BCUT2D eigenvalue weighted by atomic mass is 35.5. The summed E-state index contributed by atoms with van der Waals surface area (Å²) in [6.45, 7) is 4.06. The fourth-order valence-electron chi connectivity index (χ4n) is 2.40. The molecule has 2 aromatic carbocycles. The van der Waals surface area contributed by atoms with Crippen molar-refractivity contribution in [3.05, 3.63) is 69.5 Å². The zero-order chi connectivity index (χ0) is 14.7. The molecular formula is C16H18ClFN2. The minimum absolute atomic E-state index is 0.151. The van der Waals surface area contributed by atoms with E-state index in [2.05, 4.69) is 23.6 Å². The summed E-state index contributed by atoms with van der Waals surface area (Å²) < 4.78 is 13.8. The van der Waals surface area contributed by atoms with Crippen molar-refractivity contribution in [1.82, 2.24) is 5.43 Å². The lowest BCUT2D eigenvalue weighted by molar-refractivity contribution is 0.528. The van der Waals surface area contributed by atoms with Gasteiger partial charge in [0, 0.05) is 5.02 Å². The van der Waals surface area contributed by atoms with E-state index in [4.69, 9.17) is 17.4 Å². The van der Waals surface area contributed by atoms with Gasteiger partial charge in [-0.3, -0.25) is 11.3 Å². The van der Waals surface area contributed by atoms with Crippen LogP contribution in [-0.4, -0.2) is 0 Å². The third-order valence-corrected chi connectivity index (χ3v) is 3.51. The van der Waals surface area contributed by atoms with Crippen LogP contribution in [0.15, 0.2) is 36.4 Å². The van der Waals surface area contributed by atoms with Gasteiger partial charge in [-0.05, 0) is 49.6 Å². The summed E-state index contributed by atoms with van der Waals surface area (Å²) in [6.07, 6.45) is 0.450. The molecular weight excluding hydrogens is 275 g/mol. The Bertz CT molecular complexity index is 593. The summed E-state index contributed by atoms with van der Waals surface area (Å²) in [7, 11) is 0. The van der Waals surface area contributed by atoms with Crippen LogP contribution in [0.1, 0.15) is 28.3 Å². The Hall–Kier alpha value is -1.42. The zero-order valence-electron chi connectivity index (χ0n) is 11.6. The Morgan fingerprint density at radius 1 is 1.15 bits per heavy atom. The maximum Gasteiger partial charge on any atom is 0.126 e. The number of halogens is 2. The van der Waals surface area contributed by atoms with E-state index < -0.39 is 0 Å². The monoisotopic (exact) mass is 292 g/mol. The van der Waals surface area contributed by atoms with Crippen molar-refractivity contribution in [1.29, 1.82) is 0 Å². The SMILES string of the molecule is Cc1cc(C)cc(C(Cc2cc(Cl)ccc2F)NN)c1. The van der Waals surface area contributed by atoms with Crippen LogP contribution in [0, 0.1) is 19.7 Å². The van der Waals surface area contributed by atoms with Gasteiger partial charge in [0.15, 0.2) is 0 Å². The molecule has 3 N–H and O–H groups in total. The first-order valence-corrected chi connectivity index (χ1v) is 6.85. The molecule has 1 unspecified atom stereocenters. The Morgan fingerprint density at radius 3 is 2.40 bits per heavy atom. The van der Waals surface area contributed by atoms with Crippen LogP contribution in [0.2, 0.25) is 5.02 Å². The Labute approximate surface area is 123 Å². The van der Waals surface area contributed by atoms with Crippen LogP contribution in [0.25, 0.3) is 0 Å². The molecule has 2 rings (SSSR count). The molecule has 0 amide bonds. The Morgan fingerprint density at radius 2 is 1.80 bits per heavy atom. The van der Waals surface area contributed by atoms with Crippen molar-refractivity contribution in [2.75, 3.05) is 0 Å². The molecule has 0 spiro atoms. The minimum atomic E-state index is -0.265. The summed E-state index contributed by atoms with van der Waals surface area (Å²) in [4.78, 5) is 0. The van der Waals surface area contributed by atoms with E-state index in [0.717, 1.165) is 16.7 Å². The second kappa shape index (κ2) is 6.35. The molecule has 0 aliphatic carbocycles. The van der Waals surface area contributed by atoms with Crippen LogP contribution in [0.3, 0.4) is 0 Å². The molecule has 0 heterocycles. The number of hydrogen-bond acceptors (Lipinski definition) is 2. The molecule has 20 heavy (non-hydrogen) atoms. The molecule has 0 fully saturated rings. The quantitative estimate of drug-likeness (QED) is 0.664. The number of rotatable bonds is 4. The zero-order valence-corrected chi connectivity index (χ0v) is 12.3. The van der Waals surface area contributed by atoms with Crippen molar-refractivity contribution < 1.29 is 4.39 Å². The molecule has 0 saturated carbocycles. The maximum atomic E-state index is 13.8. The van der Waals surface area contributed by atoms with Crippen molar-refractivity contribution in [2.24, 2.45) is 5.84 Å². The van der Waals surface area contributed by atoms with E-state index in [-0.39, 0.29) is 11.9 Å². The van der Waals surface area contributed by atoms with E-state index in [9.17, 15) is 4.39 Å². The average molecular weight is 293 g/mol. The lowest BCUT2D eigenvalue weighted by Gasteiger charge is -2.18. The molecule has 4 heteroatoms. The highest BCUT2D eigenvalue weighted by Gasteiger charge is 2.14. The largest absolute Gasteiger partial charge is 0.271 e. The Balaban J connectivity index is 2.30. The van der Waals surface area contributed by atoms with Gasteiger partial charge in [0.1, 0.15) is 5.82 Å². The first kappa shape index (κ1) is 15.0. The summed E-state index contributed by atoms with van der Waals surface area (Å²) in [6, 6.07) is 10.6. The number of nitrogens with one attached hydrogen (secondary N) is 1. The van der Waals surface area contributed by atoms with Gasteiger partial charge in [0.25, 0.3) is 0 Å². The summed E-state index contributed by atoms with van der Waals surface area (Å²) >= 11 is 5.92. The lowest BCUT2D eigenvalue weighted by Crippen LogP contribution is -2.30. The third-order valence-electron chi connectivity index (χ3n) is 3.28. The smallest absolute Gasteiger partial charge is 0.126 e. The normalized spacial score (nSPS) is 12.4. The van der Waals surface area contributed by atoms with Crippen molar-refractivity contribution in [2.45, 2.75) is 26.3 Å². The molecule has 2 nitrogen and oxygen atoms in total. The molecule has 2 aromatic rings.